The Morgan fingerprint density at radius 3 is 2.71 bits per heavy atom. The Morgan fingerprint density at radius 2 is 1.94 bits per heavy atom. The molecule has 17 heavy (non-hydrogen) atoms. The van der Waals surface area contributed by atoms with Crippen LogP contribution in [0, 0.1) is 0 Å². The molecule has 0 saturated heterocycles. The molecule has 0 radical (unpaired) electrons. The quantitative estimate of drug-likeness (QED) is 0.597. The summed E-state index contributed by atoms with van der Waals surface area (Å²) in [5, 5.41) is 7.74. The van der Waals surface area contributed by atoms with Gasteiger partial charge < -0.3 is 4.84 Å². The minimum Gasteiger partial charge on any atom is -0.397 e. The summed E-state index contributed by atoms with van der Waals surface area (Å²) < 4.78 is 0. The summed E-state index contributed by atoms with van der Waals surface area (Å²) in [6.45, 7) is 0. The maximum atomic E-state index is 4.97. The lowest BCUT2D eigenvalue weighted by Crippen LogP contribution is -2.08. The van der Waals surface area contributed by atoms with Crippen LogP contribution in [0.25, 0.3) is 22.7 Å². The molecule has 0 aliphatic carbocycles. The molecule has 0 bridgehead atoms. The first-order valence-electron chi connectivity index (χ1n) is 4.78. The molecule has 0 unspecified atom stereocenters. The lowest BCUT2D eigenvalue weighted by atomic mass is 10.3. The van der Waals surface area contributed by atoms with Crippen LogP contribution in [0.5, 0.6) is 0 Å². The molecule has 8 heteroatoms. The highest BCUT2D eigenvalue weighted by Gasteiger charge is 2.14. The number of aromatic nitrogens is 7. The number of nitrogens with zero attached hydrogens (tertiary/aromatic N) is 7. The van der Waals surface area contributed by atoms with E-state index in [2.05, 4.69) is 30.2 Å². The predicted octanol–water partition coefficient (Wildman–Crippen LogP) is -0.263. The zero-order valence-electron chi connectivity index (χ0n) is 8.85. The van der Waals surface area contributed by atoms with Crippen LogP contribution in [-0.2, 0) is 0 Å². The summed E-state index contributed by atoms with van der Waals surface area (Å²) in [5.41, 5.74) is 1.50. The Morgan fingerprint density at radius 1 is 1.12 bits per heavy atom. The fourth-order valence-corrected chi connectivity index (χ4v) is 1.44. The summed E-state index contributed by atoms with van der Waals surface area (Å²) in [6, 6.07) is 1.73. The number of hydrogen-bond donors (Lipinski definition) is 0. The maximum Gasteiger partial charge on any atom is 0.223 e. The highest BCUT2D eigenvalue weighted by atomic mass is 16.7. The zero-order chi connectivity index (χ0) is 11.7. The van der Waals surface area contributed by atoms with E-state index in [-0.39, 0.29) is 0 Å². The van der Waals surface area contributed by atoms with E-state index in [4.69, 9.17) is 4.84 Å². The Kier molecular flexibility index (Phi) is 2.11. The standard InChI is InChI=1S/C9H7N7O/c1-17-16-9-7(14-15-16)6(12-5-13-9)8-10-3-2-4-11-8/h2-5H,1H3. The van der Waals surface area contributed by atoms with Gasteiger partial charge in [0.05, 0.1) is 0 Å². The van der Waals surface area contributed by atoms with E-state index < -0.39 is 0 Å². The van der Waals surface area contributed by atoms with Gasteiger partial charge in [0.25, 0.3) is 0 Å². The van der Waals surface area contributed by atoms with Crippen LogP contribution >= 0.6 is 0 Å². The lowest BCUT2D eigenvalue weighted by molar-refractivity contribution is 0.138. The monoisotopic (exact) mass is 229 g/mol. The molecule has 0 amide bonds. The molecular formula is C9H7N7O. The molecule has 3 aromatic rings. The second kappa shape index (κ2) is 3.74. The molecule has 3 heterocycles. The molecule has 0 aliphatic heterocycles. The van der Waals surface area contributed by atoms with Gasteiger partial charge in [0.15, 0.2) is 11.3 Å². The summed E-state index contributed by atoms with van der Waals surface area (Å²) in [6.07, 6.45) is 4.67. The smallest absolute Gasteiger partial charge is 0.223 e. The Balaban J connectivity index is 2.28. The van der Waals surface area contributed by atoms with Gasteiger partial charge in [0.1, 0.15) is 19.1 Å². The average Bonchev–Trinajstić information content (AvgIpc) is 2.82. The first-order valence-corrected chi connectivity index (χ1v) is 4.78. The molecule has 0 aliphatic rings. The summed E-state index contributed by atoms with van der Waals surface area (Å²) in [5.74, 6) is 0.475. The van der Waals surface area contributed by atoms with E-state index in [1.165, 1.54) is 18.3 Å². The van der Waals surface area contributed by atoms with Crippen LogP contribution in [0.15, 0.2) is 24.8 Å². The fraction of sp³-hybridized carbons (Fsp3) is 0.111. The van der Waals surface area contributed by atoms with Crippen LogP contribution < -0.4 is 4.84 Å². The Bertz CT molecular complexity index is 651. The van der Waals surface area contributed by atoms with Crippen LogP contribution in [0.4, 0.5) is 0 Å². The highest BCUT2D eigenvalue weighted by Crippen LogP contribution is 2.18. The van der Waals surface area contributed by atoms with Crippen molar-refractivity contribution in [3.63, 3.8) is 0 Å². The van der Waals surface area contributed by atoms with E-state index in [1.54, 1.807) is 18.5 Å². The van der Waals surface area contributed by atoms with Gasteiger partial charge >= 0.3 is 0 Å². The third-order valence-corrected chi connectivity index (χ3v) is 2.16. The number of hydrogen-bond acceptors (Lipinski definition) is 7. The molecule has 0 N–H and O–H groups in total. The van der Waals surface area contributed by atoms with Crippen LogP contribution in [0.2, 0.25) is 0 Å². The third kappa shape index (κ3) is 1.46. The minimum absolute atomic E-state index is 0.475. The lowest BCUT2D eigenvalue weighted by Gasteiger charge is -1.99. The van der Waals surface area contributed by atoms with Crippen molar-refractivity contribution < 1.29 is 4.84 Å². The Labute approximate surface area is 95.3 Å². The molecule has 0 spiro atoms. The van der Waals surface area contributed by atoms with E-state index in [0.29, 0.717) is 22.7 Å². The molecule has 8 nitrogen and oxygen atoms in total. The summed E-state index contributed by atoms with van der Waals surface area (Å²) in [4.78, 5) is 22.6. The van der Waals surface area contributed by atoms with Crippen molar-refractivity contribution in [3.05, 3.63) is 24.8 Å². The molecule has 0 aromatic carbocycles. The van der Waals surface area contributed by atoms with Crippen LogP contribution in [0.1, 0.15) is 0 Å². The van der Waals surface area contributed by atoms with Crippen molar-refractivity contribution in [2.45, 2.75) is 0 Å². The van der Waals surface area contributed by atoms with Gasteiger partial charge in [0.2, 0.25) is 5.65 Å². The van der Waals surface area contributed by atoms with Gasteiger partial charge in [-0.1, -0.05) is 4.85 Å². The largest absolute Gasteiger partial charge is 0.397 e. The van der Waals surface area contributed by atoms with E-state index in [0.717, 1.165) is 0 Å². The molecular weight excluding hydrogens is 222 g/mol. The van der Waals surface area contributed by atoms with Crippen molar-refractivity contribution in [3.8, 4) is 11.5 Å². The highest BCUT2D eigenvalue weighted by molar-refractivity contribution is 5.83. The van der Waals surface area contributed by atoms with Crippen LogP contribution in [-0.4, -0.2) is 42.2 Å². The first kappa shape index (κ1) is 9.58. The summed E-state index contributed by atoms with van der Waals surface area (Å²) >= 11 is 0. The van der Waals surface area contributed by atoms with Gasteiger partial charge in [-0.2, -0.15) is 0 Å². The second-order valence-corrected chi connectivity index (χ2v) is 3.11. The second-order valence-electron chi connectivity index (χ2n) is 3.11. The summed E-state index contributed by atoms with van der Waals surface area (Å²) in [7, 11) is 1.48. The van der Waals surface area contributed by atoms with Gasteiger partial charge in [0, 0.05) is 12.4 Å². The van der Waals surface area contributed by atoms with Crippen molar-refractivity contribution in [2.24, 2.45) is 0 Å². The van der Waals surface area contributed by atoms with Gasteiger partial charge in [-0.25, -0.2) is 19.9 Å². The van der Waals surface area contributed by atoms with Crippen molar-refractivity contribution >= 4 is 11.2 Å². The molecule has 0 saturated carbocycles. The average molecular weight is 229 g/mol. The van der Waals surface area contributed by atoms with E-state index >= 15 is 0 Å². The molecule has 3 aromatic heterocycles. The van der Waals surface area contributed by atoms with Crippen LogP contribution in [0.3, 0.4) is 0 Å². The normalized spacial score (nSPS) is 10.6. The van der Waals surface area contributed by atoms with Gasteiger partial charge in [-0.3, -0.25) is 0 Å². The number of rotatable bonds is 2. The van der Waals surface area contributed by atoms with Crippen molar-refractivity contribution in [2.75, 3.05) is 7.11 Å². The molecule has 3 rings (SSSR count). The van der Waals surface area contributed by atoms with Gasteiger partial charge in [-0.15, -0.1) is 5.10 Å². The SMILES string of the molecule is COn1nnc2c(-c3ncccn3)ncnc21. The Hall–Kier alpha value is -2.64. The first-order chi connectivity index (χ1) is 8.40. The van der Waals surface area contributed by atoms with E-state index in [1.807, 2.05) is 0 Å². The molecule has 0 fully saturated rings. The van der Waals surface area contributed by atoms with Gasteiger partial charge in [-0.05, 0) is 11.3 Å². The molecule has 0 atom stereocenters. The fourth-order valence-electron chi connectivity index (χ4n) is 1.44. The minimum atomic E-state index is 0.475. The predicted molar refractivity (Wildman–Crippen MR) is 56.6 cm³/mol. The number of fused-ring (bicyclic) bond motifs is 1. The zero-order valence-corrected chi connectivity index (χ0v) is 8.85. The maximum absolute atomic E-state index is 4.97. The van der Waals surface area contributed by atoms with Crippen molar-refractivity contribution in [1.29, 1.82) is 0 Å². The van der Waals surface area contributed by atoms with Crippen molar-refractivity contribution in [1.82, 2.24) is 35.1 Å². The molecule has 84 valence electrons. The third-order valence-electron chi connectivity index (χ3n) is 2.16. The topological polar surface area (TPSA) is 91.5 Å². The van der Waals surface area contributed by atoms with E-state index in [9.17, 15) is 0 Å².